The van der Waals surface area contributed by atoms with Gasteiger partial charge in [-0.05, 0) is 88.8 Å². The highest BCUT2D eigenvalue weighted by Gasteiger charge is 2.18. The third-order valence-corrected chi connectivity index (χ3v) is 6.64. The van der Waals surface area contributed by atoms with Crippen molar-refractivity contribution in [3.8, 4) is 5.75 Å². The molecule has 3 rings (SSSR count). The summed E-state index contributed by atoms with van der Waals surface area (Å²) >= 11 is 8.01. The van der Waals surface area contributed by atoms with E-state index in [4.69, 9.17) is 16.3 Å². The minimum atomic E-state index is -3.47. The lowest BCUT2D eigenvalue weighted by Crippen LogP contribution is -2.29. The molecule has 0 aromatic heterocycles. The van der Waals surface area contributed by atoms with Crippen LogP contribution in [0.4, 0.5) is 5.69 Å². The number of anilines is 1. The van der Waals surface area contributed by atoms with Gasteiger partial charge in [0.2, 0.25) is 10.0 Å². The van der Waals surface area contributed by atoms with Crippen LogP contribution in [-0.2, 0) is 16.6 Å². The molecule has 32 heavy (non-hydrogen) atoms. The molecule has 9 heteroatoms. The highest BCUT2D eigenvalue weighted by atomic mass is 127. The number of benzene rings is 3. The zero-order valence-corrected chi connectivity index (χ0v) is 21.0. The fourth-order valence-electron chi connectivity index (χ4n) is 2.90. The molecule has 0 bridgehead atoms. The highest BCUT2D eigenvalue weighted by Crippen LogP contribution is 2.22. The first-order valence-corrected chi connectivity index (χ1v) is 13.0. The number of hydrogen-bond acceptors (Lipinski definition) is 4. The summed E-state index contributed by atoms with van der Waals surface area (Å²) < 4.78 is 32.5. The van der Waals surface area contributed by atoms with Crippen LogP contribution in [0.15, 0.2) is 72.8 Å². The third kappa shape index (κ3) is 7.11. The second-order valence-electron chi connectivity index (χ2n) is 7.00. The van der Waals surface area contributed by atoms with Crippen LogP contribution in [0.2, 0.25) is 5.02 Å². The Morgan fingerprint density at radius 1 is 1.00 bits per heavy atom. The third-order valence-electron chi connectivity index (χ3n) is 4.53. The fourth-order valence-corrected chi connectivity index (χ4v) is 4.27. The Balaban J connectivity index is 1.56. The van der Waals surface area contributed by atoms with Crippen LogP contribution in [0.1, 0.15) is 15.9 Å². The van der Waals surface area contributed by atoms with Crippen LogP contribution in [-0.4, -0.2) is 33.7 Å². The van der Waals surface area contributed by atoms with E-state index in [0.29, 0.717) is 35.2 Å². The highest BCUT2D eigenvalue weighted by molar-refractivity contribution is 14.1. The van der Waals surface area contributed by atoms with Gasteiger partial charge in [-0.2, -0.15) is 0 Å². The first kappa shape index (κ1) is 24.3. The Bertz CT molecular complexity index is 1150. The number of carbonyl (C=O) groups is 1. The van der Waals surface area contributed by atoms with E-state index in [2.05, 4.69) is 27.9 Å². The molecule has 0 fully saturated rings. The minimum absolute atomic E-state index is 0.177. The molecule has 1 amide bonds. The molecule has 3 aromatic carbocycles. The van der Waals surface area contributed by atoms with E-state index in [1.165, 1.54) is 10.6 Å². The molecule has 0 aliphatic heterocycles. The standard InChI is InChI=1S/C23H22ClIN2O4S/c1-32(29,30)27(21-10-8-20(25)9-11-21)16-17-2-4-18(5-3-17)23(28)26-14-15-31-22-12-6-19(24)7-13-22/h2-13H,14-16H2,1H3,(H,26,28). The Kier molecular flexibility index (Phi) is 8.38. The van der Waals surface area contributed by atoms with Crippen molar-refractivity contribution in [2.45, 2.75) is 6.54 Å². The summed E-state index contributed by atoms with van der Waals surface area (Å²) in [7, 11) is -3.47. The Morgan fingerprint density at radius 2 is 1.62 bits per heavy atom. The molecular formula is C23H22ClIN2O4S. The van der Waals surface area contributed by atoms with Crippen molar-refractivity contribution < 1.29 is 17.9 Å². The Labute approximate surface area is 206 Å². The normalized spacial score (nSPS) is 11.1. The summed E-state index contributed by atoms with van der Waals surface area (Å²) in [5, 5.41) is 3.43. The zero-order valence-electron chi connectivity index (χ0n) is 17.3. The summed E-state index contributed by atoms with van der Waals surface area (Å²) in [6.45, 7) is 0.846. The quantitative estimate of drug-likeness (QED) is 0.292. The molecule has 1 N–H and O–H groups in total. The molecule has 0 unspecified atom stereocenters. The average Bonchev–Trinajstić information content (AvgIpc) is 2.76. The van der Waals surface area contributed by atoms with Gasteiger partial charge in [-0.3, -0.25) is 9.10 Å². The van der Waals surface area contributed by atoms with Crippen molar-refractivity contribution in [3.63, 3.8) is 0 Å². The number of ether oxygens (including phenoxy) is 1. The van der Waals surface area contributed by atoms with Crippen LogP contribution in [0.25, 0.3) is 0 Å². The monoisotopic (exact) mass is 584 g/mol. The molecular weight excluding hydrogens is 563 g/mol. The van der Waals surface area contributed by atoms with E-state index in [-0.39, 0.29) is 12.5 Å². The van der Waals surface area contributed by atoms with Crippen molar-refractivity contribution in [2.75, 3.05) is 23.7 Å². The van der Waals surface area contributed by atoms with Gasteiger partial charge in [-0.1, -0.05) is 23.7 Å². The van der Waals surface area contributed by atoms with Crippen molar-refractivity contribution in [1.29, 1.82) is 0 Å². The lowest BCUT2D eigenvalue weighted by atomic mass is 10.1. The summed E-state index contributed by atoms with van der Waals surface area (Å²) in [4.78, 5) is 12.4. The molecule has 0 radical (unpaired) electrons. The number of sulfonamides is 1. The number of carbonyl (C=O) groups excluding carboxylic acids is 1. The van der Waals surface area contributed by atoms with Crippen LogP contribution in [0, 0.1) is 3.57 Å². The first-order chi connectivity index (χ1) is 15.2. The number of amides is 1. The van der Waals surface area contributed by atoms with Gasteiger partial charge >= 0.3 is 0 Å². The van der Waals surface area contributed by atoms with Crippen LogP contribution < -0.4 is 14.4 Å². The van der Waals surface area contributed by atoms with Gasteiger partial charge in [-0.15, -0.1) is 0 Å². The average molecular weight is 585 g/mol. The SMILES string of the molecule is CS(=O)(=O)N(Cc1ccc(C(=O)NCCOc2ccc(Cl)cc2)cc1)c1ccc(I)cc1. The molecule has 6 nitrogen and oxygen atoms in total. The predicted molar refractivity (Wildman–Crippen MR) is 136 cm³/mol. The van der Waals surface area contributed by atoms with Gasteiger partial charge in [-0.25, -0.2) is 8.42 Å². The van der Waals surface area contributed by atoms with Gasteiger partial charge < -0.3 is 10.1 Å². The maximum absolute atomic E-state index is 12.4. The molecule has 0 atom stereocenters. The van der Waals surface area contributed by atoms with Crippen LogP contribution in [0.5, 0.6) is 5.75 Å². The summed E-state index contributed by atoms with van der Waals surface area (Å²) in [6.07, 6.45) is 1.18. The van der Waals surface area contributed by atoms with Gasteiger partial charge in [0.25, 0.3) is 5.91 Å². The molecule has 0 spiro atoms. The van der Waals surface area contributed by atoms with Crippen molar-refractivity contribution in [3.05, 3.63) is 92.5 Å². The maximum Gasteiger partial charge on any atom is 0.251 e. The van der Waals surface area contributed by atoms with Gasteiger partial charge in [0.05, 0.1) is 25.0 Å². The molecule has 168 valence electrons. The number of hydrogen-bond donors (Lipinski definition) is 1. The number of halogens is 2. The van der Waals surface area contributed by atoms with Gasteiger partial charge in [0.15, 0.2) is 0 Å². The van der Waals surface area contributed by atoms with Gasteiger partial charge in [0.1, 0.15) is 12.4 Å². The lowest BCUT2D eigenvalue weighted by molar-refractivity contribution is 0.0947. The lowest BCUT2D eigenvalue weighted by Gasteiger charge is -2.22. The number of nitrogens with one attached hydrogen (secondary N) is 1. The molecule has 3 aromatic rings. The van der Waals surface area contributed by atoms with Gasteiger partial charge in [0, 0.05) is 14.2 Å². The topological polar surface area (TPSA) is 75.7 Å². The molecule has 0 aliphatic rings. The second kappa shape index (κ2) is 11.0. The second-order valence-corrected chi connectivity index (χ2v) is 10.6. The summed E-state index contributed by atoms with van der Waals surface area (Å²) in [6, 6.07) is 21.1. The molecule has 0 saturated heterocycles. The van der Waals surface area contributed by atoms with Crippen LogP contribution >= 0.6 is 34.2 Å². The van der Waals surface area contributed by atoms with Crippen molar-refractivity contribution in [2.24, 2.45) is 0 Å². The van der Waals surface area contributed by atoms with Crippen LogP contribution in [0.3, 0.4) is 0 Å². The fraction of sp³-hybridized carbons (Fsp3) is 0.174. The van der Waals surface area contributed by atoms with E-state index in [9.17, 15) is 13.2 Å². The number of nitrogens with zero attached hydrogens (tertiary/aromatic N) is 1. The molecule has 0 aliphatic carbocycles. The Hall–Kier alpha value is -2.30. The van der Waals surface area contributed by atoms with E-state index < -0.39 is 10.0 Å². The van der Waals surface area contributed by atoms with Crippen molar-refractivity contribution >= 4 is 55.8 Å². The summed E-state index contributed by atoms with van der Waals surface area (Å²) in [5.41, 5.74) is 1.85. The largest absolute Gasteiger partial charge is 0.492 e. The zero-order chi connectivity index (χ0) is 23.1. The molecule has 0 saturated carbocycles. The minimum Gasteiger partial charge on any atom is -0.492 e. The number of rotatable bonds is 9. The Morgan fingerprint density at radius 3 is 2.22 bits per heavy atom. The van der Waals surface area contributed by atoms with E-state index in [1.807, 2.05) is 12.1 Å². The van der Waals surface area contributed by atoms with E-state index in [1.54, 1.807) is 60.7 Å². The van der Waals surface area contributed by atoms with E-state index >= 15 is 0 Å². The first-order valence-electron chi connectivity index (χ1n) is 9.71. The smallest absolute Gasteiger partial charge is 0.251 e. The predicted octanol–water partition coefficient (Wildman–Crippen LogP) is 4.72. The van der Waals surface area contributed by atoms with Crippen molar-refractivity contribution in [1.82, 2.24) is 5.32 Å². The summed E-state index contributed by atoms with van der Waals surface area (Å²) in [5.74, 6) is 0.449. The molecule has 0 heterocycles. The maximum atomic E-state index is 12.4. The van der Waals surface area contributed by atoms with E-state index in [0.717, 1.165) is 9.13 Å².